The average molecular weight is 455 g/mol. The van der Waals surface area contributed by atoms with Crippen molar-refractivity contribution in [2.24, 2.45) is 10.9 Å². The molecule has 0 unspecified atom stereocenters. The van der Waals surface area contributed by atoms with Crippen molar-refractivity contribution in [2.75, 3.05) is 39.4 Å². The van der Waals surface area contributed by atoms with Crippen molar-refractivity contribution in [2.45, 2.75) is 26.2 Å². The molecule has 0 saturated heterocycles. The van der Waals surface area contributed by atoms with Gasteiger partial charge in [-0.3, -0.25) is 4.99 Å². The summed E-state index contributed by atoms with van der Waals surface area (Å²) in [4.78, 5) is 7.06. The molecular formula is C20H30IN3O. The molecule has 1 fully saturated rings. The van der Waals surface area contributed by atoms with Crippen LogP contribution < -0.4 is 5.32 Å². The van der Waals surface area contributed by atoms with Crippen LogP contribution in [0.15, 0.2) is 41.4 Å². The first-order chi connectivity index (χ1) is 11.9. The van der Waals surface area contributed by atoms with E-state index in [1.165, 1.54) is 24.0 Å². The largest absolute Gasteiger partial charge is 0.379 e. The fraction of sp³-hybridized carbons (Fsp3) is 0.550. The standard InChI is InChI=1S/C20H29N3O.HI/c1-2-21-20(22-12-15-24-16-17-8-9-17)23-13-10-19(11-14-23)18-6-4-3-5-7-18;/h3-7,10,17H,2,8-9,11-16H2,1H3,(H,21,22);1H. The molecule has 2 aliphatic rings. The molecule has 0 atom stereocenters. The van der Waals surface area contributed by atoms with Crippen LogP contribution in [0.3, 0.4) is 0 Å². The molecule has 1 aliphatic carbocycles. The molecule has 1 aromatic carbocycles. The number of aliphatic imine (C=N–C) groups is 1. The van der Waals surface area contributed by atoms with Gasteiger partial charge in [-0.15, -0.1) is 24.0 Å². The molecule has 5 heteroatoms. The van der Waals surface area contributed by atoms with Gasteiger partial charge in [-0.25, -0.2) is 0 Å². The van der Waals surface area contributed by atoms with Gasteiger partial charge in [0, 0.05) is 26.2 Å². The lowest BCUT2D eigenvalue weighted by Crippen LogP contribution is -2.43. The van der Waals surface area contributed by atoms with Gasteiger partial charge in [0.2, 0.25) is 0 Å². The normalized spacial score (nSPS) is 17.7. The van der Waals surface area contributed by atoms with Crippen LogP contribution >= 0.6 is 24.0 Å². The predicted octanol–water partition coefficient (Wildman–Crippen LogP) is 3.79. The zero-order valence-corrected chi connectivity index (χ0v) is 17.4. The molecule has 1 aliphatic heterocycles. The van der Waals surface area contributed by atoms with E-state index < -0.39 is 0 Å². The molecule has 25 heavy (non-hydrogen) atoms. The van der Waals surface area contributed by atoms with Gasteiger partial charge >= 0.3 is 0 Å². The Bertz CT molecular complexity index is 570. The van der Waals surface area contributed by atoms with Gasteiger partial charge in [0.05, 0.1) is 13.2 Å². The Balaban J connectivity index is 0.00000225. The van der Waals surface area contributed by atoms with Crippen LogP contribution in [0.25, 0.3) is 5.57 Å². The molecule has 3 rings (SSSR count). The highest BCUT2D eigenvalue weighted by molar-refractivity contribution is 14.0. The van der Waals surface area contributed by atoms with Gasteiger partial charge in [0.1, 0.15) is 0 Å². The summed E-state index contributed by atoms with van der Waals surface area (Å²) in [5.41, 5.74) is 2.78. The van der Waals surface area contributed by atoms with E-state index in [1.54, 1.807) is 0 Å². The van der Waals surface area contributed by atoms with E-state index in [0.29, 0.717) is 0 Å². The number of nitrogens with zero attached hydrogens (tertiary/aromatic N) is 2. The molecular weight excluding hydrogens is 425 g/mol. The van der Waals surface area contributed by atoms with Gasteiger partial charge in [-0.1, -0.05) is 36.4 Å². The van der Waals surface area contributed by atoms with Crippen molar-refractivity contribution >= 4 is 35.5 Å². The van der Waals surface area contributed by atoms with Gasteiger partial charge < -0.3 is 15.0 Å². The fourth-order valence-electron chi connectivity index (χ4n) is 2.95. The van der Waals surface area contributed by atoms with Crippen LogP contribution in [0.4, 0.5) is 0 Å². The first kappa shape index (κ1) is 20.2. The lowest BCUT2D eigenvalue weighted by molar-refractivity contribution is 0.131. The van der Waals surface area contributed by atoms with Crippen LogP contribution in [-0.2, 0) is 4.74 Å². The monoisotopic (exact) mass is 455 g/mol. The quantitative estimate of drug-likeness (QED) is 0.294. The molecule has 1 heterocycles. The van der Waals surface area contributed by atoms with Crippen molar-refractivity contribution in [1.82, 2.24) is 10.2 Å². The maximum absolute atomic E-state index is 5.68. The van der Waals surface area contributed by atoms with Crippen molar-refractivity contribution in [3.63, 3.8) is 0 Å². The Morgan fingerprint density at radius 1 is 1.28 bits per heavy atom. The second-order valence-corrected chi connectivity index (χ2v) is 6.55. The summed E-state index contributed by atoms with van der Waals surface area (Å²) in [6, 6.07) is 10.7. The molecule has 0 bridgehead atoms. The minimum absolute atomic E-state index is 0. The van der Waals surface area contributed by atoms with Crippen LogP contribution in [0.1, 0.15) is 31.7 Å². The Morgan fingerprint density at radius 2 is 2.08 bits per heavy atom. The fourth-order valence-corrected chi connectivity index (χ4v) is 2.95. The first-order valence-electron chi connectivity index (χ1n) is 9.22. The molecule has 1 saturated carbocycles. The number of benzene rings is 1. The number of hydrogen-bond donors (Lipinski definition) is 1. The number of ether oxygens (including phenoxy) is 1. The molecule has 1 N–H and O–H groups in total. The molecule has 0 amide bonds. The smallest absolute Gasteiger partial charge is 0.194 e. The lowest BCUT2D eigenvalue weighted by atomic mass is 10.00. The van der Waals surface area contributed by atoms with E-state index in [0.717, 1.165) is 57.7 Å². The lowest BCUT2D eigenvalue weighted by Gasteiger charge is -2.29. The summed E-state index contributed by atoms with van der Waals surface area (Å²) < 4.78 is 5.68. The number of rotatable bonds is 7. The number of guanidine groups is 1. The van der Waals surface area contributed by atoms with Crippen LogP contribution in [0.2, 0.25) is 0 Å². The van der Waals surface area contributed by atoms with Crippen LogP contribution in [-0.4, -0.2) is 50.3 Å². The third-order valence-corrected chi connectivity index (χ3v) is 4.54. The Labute approximate surface area is 168 Å². The molecule has 4 nitrogen and oxygen atoms in total. The summed E-state index contributed by atoms with van der Waals surface area (Å²) in [6.07, 6.45) is 6.08. The minimum atomic E-state index is 0. The summed E-state index contributed by atoms with van der Waals surface area (Å²) in [5, 5.41) is 3.41. The highest BCUT2D eigenvalue weighted by Crippen LogP contribution is 2.28. The van der Waals surface area contributed by atoms with E-state index in [2.05, 4.69) is 53.5 Å². The second-order valence-electron chi connectivity index (χ2n) is 6.55. The Kier molecular flexibility index (Phi) is 8.75. The molecule has 0 aromatic heterocycles. The van der Waals surface area contributed by atoms with Crippen LogP contribution in [0.5, 0.6) is 0 Å². The topological polar surface area (TPSA) is 36.9 Å². The first-order valence-corrected chi connectivity index (χ1v) is 9.22. The maximum Gasteiger partial charge on any atom is 0.194 e. The zero-order chi connectivity index (χ0) is 16.6. The third-order valence-electron chi connectivity index (χ3n) is 4.54. The number of hydrogen-bond acceptors (Lipinski definition) is 2. The second kappa shape index (κ2) is 10.8. The average Bonchev–Trinajstić information content (AvgIpc) is 3.46. The zero-order valence-electron chi connectivity index (χ0n) is 15.1. The highest BCUT2D eigenvalue weighted by atomic mass is 127. The highest BCUT2D eigenvalue weighted by Gasteiger charge is 2.21. The van der Waals surface area contributed by atoms with Gasteiger partial charge in [-0.2, -0.15) is 0 Å². The van der Waals surface area contributed by atoms with Crippen molar-refractivity contribution in [3.8, 4) is 0 Å². The van der Waals surface area contributed by atoms with Crippen molar-refractivity contribution < 1.29 is 4.74 Å². The molecule has 0 spiro atoms. The van der Waals surface area contributed by atoms with E-state index in [-0.39, 0.29) is 24.0 Å². The van der Waals surface area contributed by atoms with E-state index in [9.17, 15) is 0 Å². The minimum Gasteiger partial charge on any atom is -0.379 e. The van der Waals surface area contributed by atoms with Crippen molar-refractivity contribution in [3.05, 3.63) is 42.0 Å². The Hall–Kier alpha value is -1.08. The van der Waals surface area contributed by atoms with E-state index in [1.807, 2.05) is 0 Å². The predicted molar refractivity (Wildman–Crippen MR) is 116 cm³/mol. The Morgan fingerprint density at radius 3 is 2.72 bits per heavy atom. The van der Waals surface area contributed by atoms with Crippen LogP contribution in [0, 0.1) is 5.92 Å². The van der Waals surface area contributed by atoms with Gasteiger partial charge in [0.15, 0.2) is 5.96 Å². The number of halogens is 1. The summed E-state index contributed by atoms with van der Waals surface area (Å²) in [7, 11) is 0. The number of nitrogens with one attached hydrogen (secondary N) is 1. The summed E-state index contributed by atoms with van der Waals surface area (Å²) in [6.45, 7) is 7.32. The van der Waals surface area contributed by atoms with E-state index >= 15 is 0 Å². The molecule has 138 valence electrons. The van der Waals surface area contributed by atoms with Crippen molar-refractivity contribution in [1.29, 1.82) is 0 Å². The SMILES string of the molecule is CCNC(=NCCOCC1CC1)N1CC=C(c2ccccc2)CC1.I. The van der Waals surface area contributed by atoms with Gasteiger partial charge in [-0.05, 0) is 43.2 Å². The van der Waals surface area contributed by atoms with Gasteiger partial charge in [0.25, 0.3) is 0 Å². The molecule has 0 radical (unpaired) electrons. The maximum atomic E-state index is 5.68. The third kappa shape index (κ3) is 6.62. The molecule has 1 aromatic rings. The van der Waals surface area contributed by atoms with E-state index in [4.69, 9.17) is 9.73 Å². The summed E-state index contributed by atoms with van der Waals surface area (Å²) >= 11 is 0. The summed E-state index contributed by atoms with van der Waals surface area (Å²) in [5.74, 6) is 1.83.